The van der Waals surface area contributed by atoms with Gasteiger partial charge in [0, 0.05) is 23.6 Å². The van der Waals surface area contributed by atoms with E-state index in [1.54, 1.807) is 19.2 Å². The van der Waals surface area contributed by atoms with Crippen LogP contribution in [-0.2, 0) is 6.42 Å². The van der Waals surface area contributed by atoms with Crippen LogP contribution in [0.1, 0.15) is 21.5 Å². The molecule has 3 rings (SSSR count). The van der Waals surface area contributed by atoms with Crippen molar-refractivity contribution in [3.8, 4) is 5.75 Å². The van der Waals surface area contributed by atoms with Gasteiger partial charge >= 0.3 is 0 Å². The molecule has 1 amide bonds. The maximum Gasteiger partial charge on any atom is 0.255 e. The molecule has 2 N–H and O–H groups in total. The van der Waals surface area contributed by atoms with Crippen LogP contribution in [0.25, 0.3) is 10.9 Å². The number of aromatic nitrogens is 1. The van der Waals surface area contributed by atoms with Crippen LogP contribution in [0.5, 0.6) is 5.75 Å². The third kappa shape index (κ3) is 3.06. The van der Waals surface area contributed by atoms with Crippen molar-refractivity contribution in [1.29, 1.82) is 0 Å². The number of rotatable bonds is 5. The molecule has 0 bridgehead atoms. The lowest BCUT2D eigenvalue weighted by atomic mass is 10.1. The Bertz CT molecular complexity index is 836. The van der Waals surface area contributed by atoms with Crippen LogP contribution in [0.15, 0.2) is 48.7 Å². The van der Waals surface area contributed by atoms with Crippen LogP contribution < -0.4 is 10.1 Å². The molecule has 0 aliphatic heterocycles. The SMILES string of the molecule is [CH2]c1cccc(OC)c1C(=O)NCCc1c[nH]c2ccccc12. The molecule has 117 valence electrons. The molecule has 1 heterocycles. The van der Waals surface area contributed by atoms with E-state index >= 15 is 0 Å². The fourth-order valence-corrected chi connectivity index (χ4v) is 2.74. The van der Waals surface area contributed by atoms with E-state index in [0.29, 0.717) is 23.4 Å². The van der Waals surface area contributed by atoms with Gasteiger partial charge in [-0.15, -0.1) is 0 Å². The van der Waals surface area contributed by atoms with Gasteiger partial charge in [0.15, 0.2) is 0 Å². The largest absolute Gasteiger partial charge is 0.496 e. The summed E-state index contributed by atoms with van der Waals surface area (Å²) in [7, 11) is 1.55. The molecule has 4 nitrogen and oxygen atoms in total. The normalized spacial score (nSPS) is 10.7. The number of aromatic amines is 1. The van der Waals surface area contributed by atoms with Gasteiger partial charge in [0.1, 0.15) is 5.75 Å². The number of methoxy groups -OCH3 is 1. The Kier molecular flexibility index (Phi) is 4.33. The number of fused-ring (bicyclic) bond motifs is 1. The van der Waals surface area contributed by atoms with Gasteiger partial charge in [0.05, 0.1) is 12.7 Å². The number of para-hydroxylation sites is 1. The molecule has 0 aliphatic carbocycles. The lowest BCUT2D eigenvalue weighted by molar-refractivity contribution is 0.0951. The molecule has 4 heteroatoms. The van der Waals surface area contributed by atoms with Gasteiger partial charge in [-0.2, -0.15) is 0 Å². The van der Waals surface area contributed by atoms with E-state index in [4.69, 9.17) is 4.74 Å². The third-order valence-corrected chi connectivity index (χ3v) is 3.91. The first-order valence-electron chi connectivity index (χ1n) is 7.53. The summed E-state index contributed by atoms with van der Waals surface area (Å²) in [4.78, 5) is 15.6. The fourth-order valence-electron chi connectivity index (χ4n) is 2.74. The van der Waals surface area contributed by atoms with E-state index in [2.05, 4.69) is 23.3 Å². The summed E-state index contributed by atoms with van der Waals surface area (Å²) in [6.07, 6.45) is 2.75. The molecule has 0 aliphatic rings. The summed E-state index contributed by atoms with van der Waals surface area (Å²) < 4.78 is 5.25. The van der Waals surface area contributed by atoms with Crippen molar-refractivity contribution in [3.63, 3.8) is 0 Å². The molecule has 0 unspecified atom stereocenters. The molecule has 2 aromatic carbocycles. The van der Waals surface area contributed by atoms with Crippen molar-refractivity contribution in [2.24, 2.45) is 0 Å². The van der Waals surface area contributed by atoms with Crippen molar-refractivity contribution in [1.82, 2.24) is 10.3 Å². The van der Waals surface area contributed by atoms with Crippen molar-refractivity contribution in [3.05, 3.63) is 72.3 Å². The number of benzene rings is 2. The van der Waals surface area contributed by atoms with Crippen LogP contribution in [0, 0.1) is 6.92 Å². The minimum absolute atomic E-state index is 0.160. The molecule has 3 aromatic rings. The Balaban J connectivity index is 1.68. The van der Waals surface area contributed by atoms with E-state index in [0.717, 1.165) is 11.9 Å². The highest BCUT2D eigenvalue weighted by Gasteiger charge is 2.14. The number of amides is 1. The van der Waals surface area contributed by atoms with Gasteiger partial charge in [0.2, 0.25) is 0 Å². The Morgan fingerprint density at radius 2 is 2.04 bits per heavy atom. The molecular weight excluding hydrogens is 288 g/mol. The zero-order valence-electron chi connectivity index (χ0n) is 13.1. The summed E-state index contributed by atoms with van der Waals surface area (Å²) in [6, 6.07) is 13.5. The second-order valence-electron chi connectivity index (χ2n) is 5.36. The maximum absolute atomic E-state index is 12.4. The van der Waals surface area contributed by atoms with Crippen LogP contribution in [-0.4, -0.2) is 24.5 Å². The summed E-state index contributed by atoms with van der Waals surface area (Å²) >= 11 is 0. The molecule has 0 spiro atoms. The molecule has 0 saturated carbocycles. The first-order chi connectivity index (χ1) is 11.2. The monoisotopic (exact) mass is 307 g/mol. The number of ether oxygens (including phenoxy) is 1. The predicted molar refractivity (Wildman–Crippen MR) is 91.8 cm³/mol. The van der Waals surface area contributed by atoms with E-state index in [1.807, 2.05) is 30.5 Å². The number of H-pyrrole nitrogens is 1. The average Bonchev–Trinajstić information content (AvgIpc) is 2.98. The minimum atomic E-state index is -0.160. The summed E-state index contributed by atoms with van der Waals surface area (Å²) in [5.41, 5.74) is 3.46. The first kappa shape index (κ1) is 15.2. The van der Waals surface area contributed by atoms with E-state index in [9.17, 15) is 4.79 Å². The highest BCUT2D eigenvalue weighted by atomic mass is 16.5. The topological polar surface area (TPSA) is 54.1 Å². The maximum atomic E-state index is 12.4. The molecule has 23 heavy (non-hydrogen) atoms. The second-order valence-corrected chi connectivity index (χ2v) is 5.36. The van der Waals surface area contributed by atoms with E-state index < -0.39 is 0 Å². The van der Waals surface area contributed by atoms with Gasteiger partial charge in [0.25, 0.3) is 5.91 Å². The standard InChI is InChI=1S/C19H19N2O2/c1-13-6-5-9-17(23-2)18(13)19(22)20-11-10-14-12-21-16-8-4-3-7-15(14)16/h3-9,12,21H,1,10-11H2,2H3,(H,20,22). The molecule has 0 saturated heterocycles. The molecule has 1 aromatic heterocycles. The first-order valence-corrected chi connectivity index (χ1v) is 7.53. The van der Waals surface area contributed by atoms with Crippen LogP contribution in [0.4, 0.5) is 0 Å². The van der Waals surface area contributed by atoms with Crippen molar-refractivity contribution < 1.29 is 9.53 Å². The number of hydrogen-bond acceptors (Lipinski definition) is 2. The second kappa shape index (κ2) is 6.57. The summed E-state index contributed by atoms with van der Waals surface area (Å²) in [5, 5.41) is 4.14. The number of carbonyl (C=O) groups is 1. The third-order valence-electron chi connectivity index (χ3n) is 3.91. The minimum Gasteiger partial charge on any atom is -0.496 e. The van der Waals surface area contributed by atoms with Gasteiger partial charge in [-0.05, 0) is 36.6 Å². The molecule has 1 radical (unpaired) electrons. The average molecular weight is 307 g/mol. The highest BCUT2D eigenvalue weighted by molar-refractivity contribution is 5.98. The number of nitrogens with one attached hydrogen (secondary N) is 2. The van der Waals surface area contributed by atoms with Crippen molar-refractivity contribution in [2.45, 2.75) is 6.42 Å². The quantitative estimate of drug-likeness (QED) is 0.759. The Hall–Kier alpha value is -2.75. The van der Waals surface area contributed by atoms with Gasteiger partial charge in [-0.1, -0.05) is 30.3 Å². The molecular formula is C19H19N2O2. The van der Waals surface area contributed by atoms with Crippen LogP contribution >= 0.6 is 0 Å². The molecule has 0 fully saturated rings. The van der Waals surface area contributed by atoms with Gasteiger partial charge in [-0.3, -0.25) is 4.79 Å². The summed E-state index contributed by atoms with van der Waals surface area (Å²) in [5.74, 6) is 0.384. The van der Waals surface area contributed by atoms with E-state index in [1.165, 1.54) is 10.9 Å². The lowest BCUT2D eigenvalue weighted by Gasteiger charge is -2.11. The van der Waals surface area contributed by atoms with Crippen molar-refractivity contribution >= 4 is 16.8 Å². The zero-order chi connectivity index (χ0) is 16.2. The smallest absolute Gasteiger partial charge is 0.255 e. The lowest BCUT2D eigenvalue weighted by Crippen LogP contribution is -2.26. The Morgan fingerprint density at radius 3 is 2.87 bits per heavy atom. The van der Waals surface area contributed by atoms with Crippen LogP contribution in [0.3, 0.4) is 0 Å². The van der Waals surface area contributed by atoms with Gasteiger partial charge < -0.3 is 15.0 Å². The number of hydrogen-bond donors (Lipinski definition) is 2. The Labute approximate surface area is 135 Å². The number of carbonyl (C=O) groups excluding carboxylic acids is 1. The summed E-state index contributed by atoms with van der Waals surface area (Å²) in [6.45, 7) is 4.46. The highest BCUT2D eigenvalue weighted by Crippen LogP contribution is 2.21. The molecule has 0 atom stereocenters. The Morgan fingerprint density at radius 1 is 1.22 bits per heavy atom. The zero-order valence-corrected chi connectivity index (χ0v) is 13.1. The van der Waals surface area contributed by atoms with Crippen LogP contribution in [0.2, 0.25) is 0 Å². The fraction of sp³-hybridized carbons (Fsp3) is 0.158. The van der Waals surface area contributed by atoms with Crippen molar-refractivity contribution in [2.75, 3.05) is 13.7 Å². The predicted octanol–water partition coefficient (Wildman–Crippen LogP) is 3.33. The van der Waals surface area contributed by atoms with E-state index in [-0.39, 0.29) is 5.91 Å². The van der Waals surface area contributed by atoms with Gasteiger partial charge in [-0.25, -0.2) is 0 Å².